The molecule has 1 aliphatic rings. The fourth-order valence-corrected chi connectivity index (χ4v) is 3.28. The van der Waals surface area contributed by atoms with Crippen LogP contribution in [0.25, 0.3) is 11.3 Å². The van der Waals surface area contributed by atoms with Gasteiger partial charge in [-0.25, -0.2) is 4.98 Å². The average Bonchev–Trinajstić information content (AvgIpc) is 2.72. The molecule has 0 saturated carbocycles. The molecule has 1 atom stereocenters. The van der Waals surface area contributed by atoms with E-state index in [1.165, 1.54) is 18.3 Å². The molecule has 162 valence electrons. The largest absolute Gasteiger partial charge is 0.416 e. The number of hydrogen-bond acceptors (Lipinski definition) is 6. The lowest BCUT2D eigenvalue weighted by Gasteiger charge is -2.37. The lowest BCUT2D eigenvalue weighted by Crippen LogP contribution is -2.54. The third-order valence-corrected chi connectivity index (χ3v) is 5.01. The van der Waals surface area contributed by atoms with Crippen LogP contribution in [0.1, 0.15) is 26.3 Å². The monoisotopic (exact) mass is 422 g/mol. The summed E-state index contributed by atoms with van der Waals surface area (Å²) in [7, 11) is 0. The third kappa shape index (κ3) is 5.24. The number of halogens is 3. The topological polar surface area (TPSA) is 74.2 Å². The number of hydrogen-bond donors (Lipinski definition) is 1. The lowest BCUT2D eigenvalue weighted by molar-refractivity contribution is -0.137. The molecule has 1 saturated heterocycles. The van der Waals surface area contributed by atoms with E-state index < -0.39 is 11.7 Å². The predicted octanol–water partition coefficient (Wildman–Crippen LogP) is 2.59. The van der Waals surface area contributed by atoms with Gasteiger partial charge in [0, 0.05) is 37.8 Å². The third-order valence-electron chi connectivity index (χ3n) is 5.01. The van der Waals surface area contributed by atoms with E-state index in [1.54, 1.807) is 0 Å². The number of amides is 1. The SMILES string of the molecule is CC(C)NC(=O)[C@H](C)N1CCN(c2nncc(-c3ccc(C(F)(F)F)cc3)n2)CC1. The highest BCUT2D eigenvalue weighted by molar-refractivity contribution is 5.81. The van der Waals surface area contributed by atoms with E-state index in [1.807, 2.05) is 25.7 Å². The van der Waals surface area contributed by atoms with Crippen molar-refractivity contribution in [3.8, 4) is 11.3 Å². The Morgan fingerprint density at radius 2 is 1.70 bits per heavy atom. The second kappa shape index (κ2) is 8.95. The molecule has 1 aliphatic heterocycles. The standard InChI is InChI=1S/C20H25F3N6O/c1-13(2)25-18(30)14(3)28-8-10-29(11-9-28)19-26-17(12-24-27-19)15-4-6-16(7-5-15)20(21,22)23/h4-7,12-14H,8-11H2,1-3H3,(H,25,30)/t14-/m0/s1. The summed E-state index contributed by atoms with van der Waals surface area (Å²) in [5.41, 5.74) is 0.290. The summed E-state index contributed by atoms with van der Waals surface area (Å²) < 4.78 is 38.3. The molecule has 0 unspecified atom stereocenters. The fourth-order valence-electron chi connectivity index (χ4n) is 3.28. The quantitative estimate of drug-likeness (QED) is 0.799. The number of nitrogens with one attached hydrogen (secondary N) is 1. The molecule has 3 rings (SSSR count). The van der Waals surface area contributed by atoms with Crippen LogP contribution < -0.4 is 10.2 Å². The summed E-state index contributed by atoms with van der Waals surface area (Å²) >= 11 is 0. The Labute approximate surface area is 173 Å². The number of aromatic nitrogens is 3. The number of piperazine rings is 1. The molecule has 0 spiro atoms. The maximum atomic E-state index is 12.8. The Morgan fingerprint density at radius 3 is 2.27 bits per heavy atom. The Bertz CT molecular complexity index is 864. The number of anilines is 1. The minimum atomic E-state index is -4.38. The molecule has 0 radical (unpaired) electrons. The number of carbonyl (C=O) groups excluding carboxylic acids is 1. The van der Waals surface area contributed by atoms with E-state index in [9.17, 15) is 18.0 Å². The number of rotatable bonds is 5. The fraction of sp³-hybridized carbons (Fsp3) is 0.500. The van der Waals surface area contributed by atoms with Gasteiger partial charge in [0.15, 0.2) is 0 Å². The van der Waals surface area contributed by atoms with Crippen molar-refractivity contribution < 1.29 is 18.0 Å². The Hall–Kier alpha value is -2.75. The van der Waals surface area contributed by atoms with E-state index in [2.05, 4.69) is 25.4 Å². The number of benzene rings is 1. The first kappa shape index (κ1) is 21.9. The number of carbonyl (C=O) groups is 1. The molecular weight excluding hydrogens is 397 g/mol. The van der Waals surface area contributed by atoms with Gasteiger partial charge in [-0.2, -0.15) is 18.3 Å². The van der Waals surface area contributed by atoms with Crippen molar-refractivity contribution in [3.05, 3.63) is 36.0 Å². The zero-order valence-corrected chi connectivity index (χ0v) is 17.1. The molecule has 10 heteroatoms. The second-order valence-corrected chi connectivity index (χ2v) is 7.58. The average molecular weight is 422 g/mol. The highest BCUT2D eigenvalue weighted by atomic mass is 19.4. The maximum Gasteiger partial charge on any atom is 0.416 e. The second-order valence-electron chi connectivity index (χ2n) is 7.58. The van der Waals surface area contributed by atoms with E-state index in [0.717, 1.165) is 12.1 Å². The van der Waals surface area contributed by atoms with Crippen LogP contribution in [0.15, 0.2) is 30.5 Å². The zero-order valence-electron chi connectivity index (χ0n) is 17.1. The van der Waals surface area contributed by atoms with Crippen LogP contribution in [0.2, 0.25) is 0 Å². The molecule has 30 heavy (non-hydrogen) atoms. The van der Waals surface area contributed by atoms with Crippen LogP contribution >= 0.6 is 0 Å². The Kier molecular flexibility index (Phi) is 6.55. The van der Waals surface area contributed by atoms with E-state index >= 15 is 0 Å². The van der Waals surface area contributed by atoms with Gasteiger partial charge in [0.2, 0.25) is 11.9 Å². The summed E-state index contributed by atoms with van der Waals surface area (Å²) in [6.45, 7) is 8.32. The molecule has 1 N–H and O–H groups in total. The summed E-state index contributed by atoms with van der Waals surface area (Å²) in [5, 5.41) is 11.0. The van der Waals surface area contributed by atoms with Gasteiger partial charge < -0.3 is 10.2 Å². The van der Waals surface area contributed by atoms with Crippen molar-refractivity contribution in [2.75, 3.05) is 31.1 Å². The van der Waals surface area contributed by atoms with Crippen molar-refractivity contribution in [1.29, 1.82) is 0 Å². The summed E-state index contributed by atoms with van der Waals surface area (Å²) in [4.78, 5) is 20.8. The van der Waals surface area contributed by atoms with Gasteiger partial charge in [0.1, 0.15) is 0 Å². The van der Waals surface area contributed by atoms with Gasteiger partial charge >= 0.3 is 6.18 Å². The van der Waals surface area contributed by atoms with Gasteiger partial charge in [-0.1, -0.05) is 12.1 Å². The van der Waals surface area contributed by atoms with Gasteiger partial charge in [0.05, 0.1) is 23.5 Å². The molecule has 2 aromatic rings. The van der Waals surface area contributed by atoms with Crippen molar-refractivity contribution in [2.45, 2.75) is 39.0 Å². The van der Waals surface area contributed by atoms with E-state index in [0.29, 0.717) is 43.4 Å². The van der Waals surface area contributed by atoms with Crippen LogP contribution in [0.3, 0.4) is 0 Å². The smallest absolute Gasteiger partial charge is 0.353 e. The highest BCUT2D eigenvalue weighted by Gasteiger charge is 2.30. The van der Waals surface area contributed by atoms with Gasteiger partial charge in [-0.3, -0.25) is 9.69 Å². The van der Waals surface area contributed by atoms with E-state index in [-0.39, 0.29) is 18.0 Å². The van der Waals surface area contributed by atoms with Gasteiger partial charge in [0.25, 0.3) is 0 Å². The number of alkyl halides is 3. The molecule has 7 nitrogen and oxygen atoms in total. The summed E-state index contributed by atoms with van der Waals surface area (Å²) in [5.74, 6) is 0.423. The normalized spacial score (nSPS) is 16.6. The Morgan fingerprint density at radius 1 is 1.07 bits per heavy atom. The van der Waals surface area contributed by atoms with Crippen LogP contribution in [0, 0.1) is 0 Å². The first-order valence-corrected chi connectivity index (χ1v) is 9.82. The molecule has 1 aromatic heterocycles. The number of nitrogens with zero attached hydrogens (tertiary/aromatic N) is 5. The van der Waals surface area contributed by atoms with Crippen LogP contribution in [0.4, 0.5) is 19.1 Å². The highest BCUT2D eigenvalue weighted by Crippen LogP contribution is 2.30. The van der Waals surface area contributed by atoms with Crippen LogP contribution in [-0.4, -0.2) is 64.3 Å². The first-order valence-electron chi connectivity index (χ1n) is 9.82. The van der Waals surface area contributed by atoms with Crippen molar-refractivity contribution in [3.63, 3.8) is 0 Å². The molecular formula is C20H25F3N6O. The maximum absolute atomic E-state index is 12.8. The molecule has 0 bridgehead atoms. The molecule has 0 aliphatic carbocycles. The minimum absolute atomic E-state index is 0.000618. The van der Waals surface area contributed by atoms with Crippen LogP contribution in [-0.2, 0) is 11.0 Å². The summed E-state index contributed by atoms with van der Waals surface area (Å²) in [6.07, 6.45) is -2.95. The van der Waals surface area contributed by atoms with E-state index in [4.69, 9.17) is 0 Å². The molecule has 1 fully saturated rings. The minimum Gasteiger partial charge on any atom is -0.353 e. The van der Waals surface area contributed by atoms with Crippen molar-refractivity contribution in [2.24, 2.45) is 0 Å². The van der Waals surface area contributed by atoms with Gasteiger partial charge in [-0.05, 0) is 32.9 Å². The van der Waals surface area contributed by atoms with Crippen molar-refractivity contribution >= 4 is 11.9 Å². The van der Waals surface area contributed by atoms with Crippen molar-refractivity contribution in [1.82, 2.24) is 25.4 Å². The molecule has 1 aromatic carbocycles. The van der Waals surface area contributed by atoms with Gasteiger partial charge in [-0.15, -0.1) is 5.10 Å². The summed E-state index contributed by atoms with van der Waals surface area (Å²) in [6, 6.07) is 4.67. The first-order chi connectivity index (χ1) is 14.1. The molecule has 2 heterocycles. The Balaban J connectivity index is 1.65. The predicted molar refractivity (Wildman–Crippen MR) is 107 cm³/mol. The zero-order chi connectivity index (χ0) is 21.9. The lowest BCUT2D eigenvalue weighted by atomic mass is 10.1. The molecule has 1 amide bonds. The van der Waals surface area contributed by atoms with Crippen LogP contribution in [0.5, 0.6) is 0 Å².